The van der Waals surface area contributed by atoms with Gasteiger partial charge in [0, 0.05) is 43.8 Å². The third-order valence-corrected chi connectivity index (χ3v) is 7.76. The lowest BCUT2D eigenvalue weighted by Crippen LogP contribution is -2.45. The highest BCUT2D eigenvalue weighted by Gasteiger charge is 2.34. The molecule has 206 valence electrons. The second kappa shape index (κ2) is 11.1. The van der Waals surface area contributed by atoms with E-state index in [4.69, 9.17) is 15.5 Å². The van der Waals surface area contributed by atoms with Gasteiger partial charge in [0.25, 0.3) is 11.5 Å². The highest BCUT2D eigenvalue weighted by Crippen LogP contribution is 2.33. The van der Waals surface area contributed by atoms with Gasteiger partial charge in [-0.1, -0.05) is 30.2 Å². The summed E-state index contributed by atoms with van der Waals surface area (Å²) in [6, 6.07) is 9.91. The minimum Gasteiger partial charge on any atom is -0.378 e. The first-order valence-corrected chi connectivity index (χ1v) is 13.8. The molecule has 0 spiro atoms. The van der Waals surface area contributed by atoms with Crippen molar-refractivity contribution >= 4 is 33.5 Å². The van der Waals surface area contributed by atoms with Gasteiger partial charge in [-0.05, 0) is 31.2 Å². The summed E-state index contributed by atoms with van der Waals surface area (Å²) < 4.78 is 8.94. The summed E-state index contributed by atoms with van der Waals surface area (Å²) in [6.07, 6.45) is 5.11. The number of rotatable bonds is 5. The maximum absolute atomic E-state index is 14.2. The Balaban J connectivity index is 1.55. The van der Waals surface area contributed by atoms with Crippen LogP contribution < -0.4 is 16.2 Å². The summed E-state index contributed by atoms with van der Waals surface area (Å²) in [6.45, 7) is 5.55. The molecule has 2 aliphatic heterocycles. The van der Waals surface area contributed by atoms with Gasteiger partial charge in [0.2, 0.25) is 0 Å². The van der Waals surface area contributed by atoms with Crippen molar-refractivity contribution in [3.8, 4) is 11.8 Å². The van der Waals surface area contributed by atoms with Gasteiger partial charge in [-0.3, -0.25) is 19.1 Å². The Bertz CT molecular complexity index is 1690. The number of hydrogen-bond donors (Lipinski definition) is 1. The largest absolute Gasteiger partial charge is 0.378 e. The molecule has 5 heterocycles. The Morgan fingerprint density at radius 3 is 2.77 bits per heavy atom. The van der Waals surface area contributed by atoms with Crippen molar-refractivity contribution in [2.75, 3.05) is 44.3 Å². The fourth-order valence-electron chi connectivity index (χ4n) is 5.80. The molecule has 0 saturated carbocycles. The summed E-state index contributed by atoms with van der Waals surface area (Å²) in [4.78, 5) is 41.6. The second-order valence-electron chi connectivity index (χ2n) is 10.3. The molecule has 0 unspecified atom stereocenters. The van der Waals surface area contributed by atoms with Crippen molar-refractivity contribution in [2.45, 2.75) is 38.9 Å². The molecule has 4 aromatic rings. The maximum atomic E-state index is 14.2. The van der Waals surface area contributed by atoms with E-state index in [1.165, 1.54) is 6.33 Å². The normalized spacial score (nSPS) is 17.7. The minimum atomic E-state index is -0.235. The fourth-order valence-corrected chi connectivity index (χ4v) is 5.80. The van der Waals surface area contributed by atoms with Gasteiger partial charge in [-0.25, -0.2) is 4.98 Å². The molecule has 0 radical (unpaired) electrons. The Morgan fingerprint density at radius 1 is 1.15 bits per heavy atom. The minimum absolute atomic E-state index is 0.0223. The van der Waals surface area contributed by atoms with Gasteiger partial charge in [0.15, 0.2) is 0 Å². The average molecular weight is 540 g/mol. The molecular weight excluding hydrogens is 506 g/mol. The smallest absolute Gasteiger partial charge is 0.278 e. The molecule has 1 atom stereocenters. The Hall–Kier alpha value is -4.20. The van der Waals surface area contributed by atoms with Crippen molar-refractivity contribution in [3.05, 3.63) is 64.5 Å². The van der Waals surface area contributed by atoms with Crippen LogP contribution in [0.5, 0.6) is 0 Å². The van der Waals surface area contributed by atoms with Crippen LogP contribution in [0.25, 0.3) is 21.8 Å². The van der Waals surface area contributed by atoms with Crippen molar-refractivity contribution < 1.29 is 9.53 Å². The number of amides is 1. The van der Waals surface area contributed by atoms with Crippen molar-refractivity contribution in [2.24, 2.45) is 5.73 Å². The van der Waals surface area contributed by atoms with Crippen LogP contribution in [0.15, 0.2) is 47.7 Å². The number of benzene rings is 1. The number of aromatic nitrogens is 4. The third-order valence-electron chi connectivity index (χ3n) is 7.76. The first-order valence-electron chi connectivity index (χ1n) is 13.8. The van der Waals surface area contributed by atoms with Crippen LogP contribution in [0.1, 0.15) is 35.8 Å². The predicted octanol–water partition coefficient (Wildman–Crippen LogP) is 2.22. The summed E-state index contributed by atoms with van der Waals surface area (Å²) in [5.74, 6) is 6.60. The molecule has 2 fully saturated rings. The molecule has 40 heavy (non-hydrogen) atoms. The Labute approximate surface area is 232 Å². The van der Waals surface area contributed by atoms with E-state index in [2.05, 4.69) is 21.7 Å². The Morgan fingerprint density at radius 2 is 1.98 bits per heavy atom. The highest BCUT2D eigenvalue weighted by molar-refractivity contribution is 6.10. The number of anilines is 1. The lowest BCUT2D eigenvalue weighted by atomic mass is 10.1. The molecule has 10 nitrogen and oxygen atoms in total. The van der Waals surface area contributed by atoms with Crippen LogP contribution in [0.3, 0.4) is 0 Å². The molecule has 2 aliphatic rings. The van der Waals surface area contributed by atoms with Crippen LogP contribution in [0.4, 0.5) is 5.82 Å². The number of fused-ring (bicyclic) bond motifs is 2. The first kappa shape index (κ1) is 26.0. The molecule has 0 aliphatic carbocycles. The Kier molecular flexibility index (Phi) is 7.24. The van der Waals surface area contributed by atoms with Gasteiger partial charge in [-0.2, -0.15) is 0 Å². The van der Waals surface area contributed by atoms with E-state index in [1.54, 1.807) is 22.6 Å². The number of hydrogen-bond acceptors (Lipinski definition) is 7. The molecule has 1 aromatic carbocycles. The highest BCUT2D eigenvalue weighted by atomic mass is 16.5. The van der Waals surface area contributed by atoms with Gasteiger partial charge >= 0.3 is 0 Å². The topological polar surface area (TPSA) is 112 Å². The summed E-state index contributed by atoms with van der Waals surface area (Å²) in [5.41, 5.74) is 8.14. The number of carbonyl (C=O) groups excluding carboxylic acids is 1. The molecular formula is C30H33N7O3. The molecule has 6 rings (SSSR count). The zero-order chi connectivity index (χ0) is 27.6. The maximum Gasteiger partial charge on any atom is 0.278 e. The molecule has 3 aromatic heterocycles. The SMILES string of the molecule is CC#CCn1c(N2CCC[C@H](N)C2)c(C(=O)N2CCOCC2)c2ncn(Cc3nccc4ccccc34)c(=O)c21. The predicted molar refractivity (Wildman–Crippen MR) is 154 cm³/mol. The van der Waals surface area contributed by atoms with E-state index in [0.717, 1.165) is 35.9 Å². The monoisotopic (exact) mass is 539 g/mol. The van der Waals surface area contributed by atoms with Crippen LogP contribution in [-0.2, 0) is 17.8 Å². The number of carbonyl (C=O) groups is 1. The van der Waals surface area contributed by atoms with E-state index in [0.29, 0.717) is 55.3 Å². The molecule has 2 N–H and O–H groups in total. The van der Waals surface area contributed by atoms with Gasteiger partial charge in [0.1, 0.15) is 22.4 Å². The van der Waals surface area contributed by atoms with Gasteiger partial charge < -0.3 is 24.8 Å². The quantitative estimate of drug-likeness (QED) is 0.387. The standard InChI is InChI=1S/C30H33N7O3/c1-2-3-13-37-27-26(33-20-36(30(27)39)19-24-23-9-5-4-7-21(23)10-11-32-24)25(29(38)34-14-16-40-17-15-34)28(37)35-12-6-8-22(31)18-35/h4-5,7,9-11,20,22H,6,8,12-19,31H2,1H3/t22-/m0/s1. The van der Waals surface area contributed by atoms with E-state index in [9.17, 15) is 9.59 Å². The van der Waals surface area contributed by atoms with Crippen LogP contribution in [0, 0.1) is 11.8 Å². The second-order valence-corrected chi connectivity index (χ2v) is 10.3. The average Bonchev–Trinajstić information content (AvgIpc) is 3.32. The number of nitrogens with two attached hydrogens (primary N) is 1. The zero-order valence-corrected chi connectivity index (χ0v) is 22.7. The van der Waals surface area contributed by atoms with E-state index >= 15 is 0 Å². The van der Waals surface area contributed by atoms with Crippen molar-refractivity contribution in [1.82, 2.24) is 24.0 Å². The number of piperidine rings is 1. The van der Waals surface area contributed by atoms with Crippen molar-refractivity contribution in [3.63, 3.8) is 0 Å². The molecule has 2 saturated heterocycles. The lowest BCUT2D eigenvalue weighted by molar-refractivity contribution is 0.0304. The molecule has 1 amide bonds. The number of pyridine rings is 1. The number of morpholine rings is 1. The van der Waals surface area contributed by atoms with Gasteiger partial charge in [0.05, 0.1) is 38.3 Å². The van der Waals surface area contributed by atoms with Crippen LogP contribution in [-0.4, -0.2) is 75.3 Å². The fraction of sp³-hybridized carbons (Fsp3) is 0.400. The molecule has 0 bridgehead atoms. The van der Waals surface area contributed by atoms with E-state index in [-0.39, 0.29) is 30.6 Å². The van der Waals surface area contributed by atoms with Crippen LogP contribution >= 0.6 is 0 Å². The van der Waals surface area contributed by atoms with E-state index < -0.39 is 0 Å². The summed E-state index contributed by atoms with van der Waals surface area (Å²) in [7, 11) is 0. The summed E-state index contributed by atoms with van der Waals surface area (Å²) in [5, 5.41) is 2.04. The third kappa shape index (κ3) is 4.72. The lowest BCUT2D eigenvalue weighted by Gasteiger charge is -2.34. The number of nitrogens with zero attached hydrogens (tertiary/aromatic N) is 6. The van der Waals surface area contributed by atoms with Gasteiger partial charge in [-0.15, -0.1) is 5.92 Å². The zero-order valence-electron chi connectivity index (χ0n) is 22.7. The van der Waals surface area contributed by atoms with E-state index in [1.807, 2.05) is 34.9 Å². The first-order chi connectivity index (χ1) is 19.6. The van der Waals surface area contributed by atoms with Crippen molar-refractivity contribution in [1.29, 1.82) is 0 Å². The molecule has 10 heteroatoms. The number of ether oxygens (including phenoxy) is 1. The summed E-state index contributed by atoms with van der Waals surface area (Å²) >= 11 is 0. The van der Waals surface area contributed by atoms with Crippen LogP contribution in [0.2, 0.25) is 0 Å².